The number of fused-ring (bicyclic) bond motifs is 3. The van der Waals surface area contributed by atoms with Crippen LogP contribution >= 0.6 is 0 Å². The Morgan fingerprint density at radius 1 is 1.29 bits per heavy atom. The fraction of sp³-hybridized carbons (Fsp3) is 0.455. The highest BCUT2D eigenvalue weighted by molar-refractivity contribution is 5.38. The van der Waals surface area contributed by atoms with Crippen LogP contribution in [0.25, 0.3) is 0 Å². The number of benzene rings is 1. The van der Waals surface area contributed by atoms with Crippen molar-refractivity contribution in [2.75, 3.05) is 19.8 Å². The van der Waals surface area contributed by atoms with Gasteiger partial charge in [0.2, 0.25) is 0 Å². The highest BCUT2D eigenvalue weighted by Gasteiger charge is 2.33. The van der Waals surface area contributed by atoms with E-state index in [1.54, 1.807) is 0 Å². The Morgan fingerprint density at radius 3 is 3.21 bits per heavy atom. The lowest BCUT2D eigenvalue weighted by Gasteiger charge is -2.37. The van der Waals surface area contributed by atoms with Crippen LogP contribution in [0.1, 0.15) is 11.7 Å². The van der Waals surface area contributed by atoms with Gasteiger partial charge in [0.15, 0.2) is 0 Å². The smallest absolute Gasteiger partial charge is 0.125 e. The van der Waals surface area contributed by atoms with Gasteiger partial charge in [0.25, 0.3) is 0 Å². The molecule has 1 fully saturated rings. The minimum absolute atomic E-state index is 0.175. The van der Waals surface area contributed by atoms with E-state index in [2.05, 4.69) is 11.4 Å². The summed E-state index contributed by atoms with van der Waals surface area (Å²) >= 11 is 0. The molecule has 0 bridgehead atoms. The standard InChI is InChI=1S/C11H13NO2/c1-2-4-10-8(3-1)11-9(7-14-10)12-5-6-13-11/h1-4,9,11-12H,5-7H2/t9-,11+/m1/s1. The molecule has 2 aliphatic rings. The maximum Gasteiger partial charge on any atom is 0.125 e. The van der Waals surface area contributed by atoms with Crippen molar-refractivity contribution in [3.63, 3.8) is 0 Å². The van der Waals surface area contributed by atoms with E-state index in [4.69, 9.17) is 9.47 Å². The lowest BCUT2D eigenvalue weighted by Crippen LogP contribution is -2.48. The Balaban J connectivity index is 1.99. The average molecular weight is 191 g/mol. The fourth-order valence-electron chi connectivity index (χ4n) is 2.13. The van der Waals surface area contributed by atoms with Gasteiger partial charge in [0, 0.05) is 12.1 Å². The maximum atomic E-state index is 5.77. The molecule has 3 heteroatoms. The van der Waals surface area contributed by atoms with E-state index in [1.807, 2.05) is 18.2 Å². The van der Waals surface area contributed by atoms with E-state index >= 15 is 0 Å². The van der Waals surface area contributed by atoms with Gasteiger partial charge in [0.05, 0.1) is 12.6 Å². The van der Waals surface area contributed by atoms with Crippen LogP contribution in [0.3, 0.4) is 0 Å². The van der Waals surface area contributed by atoms with E-state index in [-0.39, 0.29) is 6.10 Å². The van der Waals surface area contributed by atoms with Crippen molar-refractivity contribution >= 4 is 0 Å². The molecule has 0 amide bonds. The number of hydrogen-bond acceptors (Lipinski definition) is 3. The summed E-state index contributed by atoms with van der Waals surface area (Å²) < 4.78 is 11.4. The lowest BCUT2D eigenvalue weighted by atomic mass is 9.98. The molecule has 0 spiro atoms. The second-order valence-electron chi connectivity index (χ2n) is 3.70. The van der Waals surface area contributed by atoms with Crippen molar-refractivity contribution in [1.82, 2.24) is 5.32 Å². The molecule has 0 aliphatic carbocycles. The summed E-state index contributed by atoms with van der Waals surface area (Å²) in [5.74, 6) is 0.970. The second kappa shape index (κ2) is 3.26. The highest BCUT2D eigenvalue weighted by Crippen LogP contribution is 2.35. The minimum atomic E-state index is 0.175. The van der Waals surface area contributed by atoms with Crippen LogP contribution in [0.15, 0.2) is 24.3 Å². The lowest BCUT2D eigenvalue weighted by molar-refractivity contribution is -0.0307. The number of hydrogen-bond donors (Lipinski definition) is 1. The summed E-state index contributed by atoms with van der Waals surface area (Å²) in [6.07, 6.45) is 0.175. The molecule has 3 rings (SSSR count). The summed E-state index contributed by atoms with van der Waals surface area (Å²) in [6.45, 7) is 2.42. The summed E-state index contributed by atoms with van der Waals surface area (Å²) in [5.41, 5.74) is 1.18. The van der Waals surface area contributed by atoms with Crippen molar-refractivity contribution < 1.29 is 9.47 Å². The average Bonchev–Trinajstić information content (AvgIpc) is 2.29. The van der Waals surface area contributed by atoms with E-state index in [1.165, 1.54) is 5.56 Å². The maximum absolute atomic E-state index is 5.77. The first-order chi connectivity index (χ1) is 6.95. The van der Waals surface area contributed by atoms with E-state index < -0.39 is 0 Å². The number of nitrogens with one attached hydrogen (secondary N) is 1. The van der Waals surface area contributed by atoms with Gasteiger partial charge in [-0.3, -0.25) is 0 Å². The van der Waals surface area contributed by atoms with Crippen LogP contribution in [0.5, 0.6) is 5.75 Å². The molecule has 2 heterocycles. The van der Waals surface area contributed by atoms with Crippen LogP contribution in [0.4, 0.5) is 0 Å². The Kier molecular flexibility index (Phi) is 1.92. The largest absolute Gasteiger partial charge is 0.491 e. The van der Waals surface area contributed by atoms with Gasteiger partial charge in [0.1, 0.15) is 18.5 Å². The minimum Gasteiger partial charge on any atom is -0.491 e. The monoisotopic (exact) mass is 191 g/mol. The second-order valence-corrected chi connectivity index (χ2v) is 3.70. The first-order valence-electron chi connectivity index (χ1n) is 5.02. The fourth-order valence-corrected chi connectivity index (χ4v) is 2.13. The molecule has 1 N–H and O–H groups in total. The predicted molar refractivity (Wildman–Crippen MR) is 52.4 cm³/mol. The van der Waals surface area contributed by atoms with Gasteiger partial charge in [-0.1, -0.05) is 18.2 Å². The Hall–Kier alpha value is -1.06. The third-order valence-corrected chi connectivity index (χ3v) is 2.82. The van der Waals surface area contributed by atoms with Crippen LogP contribution in [0, 0.1) is 0 Å². The van der Waals surface area contributed by atoms with Gasteiger partial charge in [-0.15, -0.1) is 0 Å². The van der Waals surface area contributed by atoms with Crippen molar-refractivity contribution in [2.24, 2.45) is 0 Å². The number of ether oxygens (including phenoxy) is 2. The van der Waals surface area contributed by atoms with Gasteiger partial charge in [-0.25, -0.2) is 0 Å². The van der Waals surface area contributed by atoms with Gasteiger partial charge >= 0.3 is 0 Å². The zero-order valence-electron chi connectivity index (χ0n) is 7.90. The van der Waals surface area contributed by atoms with Crippen LogP contribution < -0.4 is 10.1 Å². The summed E-state index contributed by atoms with van der Waals surface area (Å²) in [6, 6.07) is 8.43. The number of rotatable bonds is 0. The normalized spacial score (nSPS) is 30.0. The van der Waals surface area contributed by atoms with Gasteiger partial charge in [-0.05, 0) is 6.07 Å². The quantitative estimate of drug-likeness (QED) is 0.666. The van der Waals surface area contributed by atoms with E-state index in [9.17, 15) is 0 Å². The molecule has 1 aromatic carbocycles. The van der Waals surface area contributed by atoms with Crippen molar-refractivity contribution in [3.8, 4) is 5.75 Å². The first kappa shape index (κ1) is 8.26. The molecule has 0 radical (unpaired) electrons. The SMILES string of the molecule is c1ccc2c(c1)OC[C@H]1NCCO[C@@H]21. The van der Waals surface area contributed by atoms with Gasteiger partial charge in [-0.2, -0.15) is 0 Å². The molecular weight excluding hydrogens is 178 g/mol. The Bertz CT molecular complexity index is 340. The molecule has 0 aromatic heterocycles. The zero-order chi connectivity index (χ0) is 9.38. The molecule has 74 valence electrons. The van der Waals surface area contributed by atoms with Crippen LogP contribution in [-0.2, 0) is 4.74 Å². The van der Waals surface area contributed by atoms with E-state index in [0.29, 0.717) is 12.6 Å². The van der Waals surface area contributed by atoms with Crippen molar-refractivity contribution in [1.29, 1.82) is 0 Å². The molecule has 14 heavy (non-hydrogen) atoms. The molecule has 2 aliphatic heterocycles. The molecule has 1 aromatic rings. The Morgan fingerprint density at radius 2 is 2.21 bits per heavy atom. The molecule has 0 unspecified atom stereocenters. The summed E-state index contributed by atoms with van der Waals surface area (Å²) in [7, 11) is 0. The third kappa shape index (κ3) is 1.21. The molecule has 0 saturated carbocycles. The highest BCUT2D eigenvalue weighted by atomic mass is 16.5. The van der Waals surface area contributed by atoms with Crippen LogP contribution in [-0.4, -0.2) is 25.8 Å². The third-order valence-electron chi connectivity index (χ3n) is 2.82. The molecular formula is C11H13NO2. The predicted octanol–water partition coefficient (Wildman–Crippen LogP) is 1.11. The Labute approximate surface area is 83.0 Å². The van der Waals surface area contributed by atoms with E-state index in [0.717, 1.165) is 18.9 Å². The first-order valence-corrected chi connectivity index (χ1v) is 5.02. The van der Waals surface area contributed by atoms with Gasteiger partial charge < -0.3 is 14.8 Å². The van der Waals surface area contributed by atoms with Crippen molar-refractivity contribution in [3.05, 3.63) is 29.8 Å². The molecule has 2 atom stereocenters. The molecule has 1 saturated heterocycles. The topological polar surface area (TPSA) is 30.5 Å². The van der Waals surface area contributed by atoms with Crippen LogP contribution in [0.2, 0.25) is 0 Å². The number of para-hydroxylation sites is 1. The zero-order valence-corrected chi connectivity index (χ0v) is 7.90. The summed E-state index contributed by atoms with van der Waals surface area (Å²) in [5, 5.41) is 3.41. The number of morpholine rings is 1. The van der Waals surface area contributed by atoms with Crippen molar-refractivity contribution in [2.45, 2.75) is 12.1 Å². The molecule has 3 nitrogen and oxygen atoms in total. The summed E-state index contributed by atoms with van der Waals surface area (Å²) in [4.78, 5) is 0.